The molecule has 0 saturated carbocycles. The fourth-order valence-electron chi connectivity index (χ4n) is 2.69. The number of nitrogens with zero attached hydrogens (tertiary/aromatic N) is 1. The predicted molar refractivity (Wildman–Crippen MR) is 72.2 cm³/mol. The third-order valence-electron chi connectivity index (χ3n) is 3.58. The predicted octanol–water partition coefficient (Wildman–Crippen LogP) is 2.45. The first-order valence-corrected chi connectivity index (χ1v) is 6.94. The van der Waals surface area contributed by atoms with E-state index in [0.717, 1.165) is 24.8 Å². The maximum absolute atomic E-state index is 12.3. The van der Waals surface area contributed by atoms with E-state index in [4.69, 9.17) is 11.6 Å². The highest BCUT2D eigenvalue weighted by Gasteiger charge is 2.17. The molecule has 0 atom stereocenters. The van der Waals surface area contributed by atoms with Crippen molar-refractivity contribution >= 4 is 16.8 Å². The normalized spacial score (nSPS) is 14.3. The van der Waals surface area contributed by atoms with Gasteiger partial charge in [0.05, 0.1) is 0 Å². The smallest absolute Gasteiger partial charge is 0.253 e. The van der Waals surface area contributed by atoms with Crippen LogP contribution in [0.25, 0.3) is 0 Å². The van der Waals surface area contributed by atoms with E-state index < -0.39 is 0 Å². The van der Waals surface area contributed by atoms with Gasteiger partial charge in [0.25, 0.3) is 5.56 Å². The van der Waals surface area contributed by atoms with Gasteiger partial charge in [0.15, 0.2) is 0 Å². The molecule has 0 saturated heterocycles. The van der Waals surface area contributed by atoms with E-state index in [9.17, 15) is 9.59 Å². The second kappa shape index (κ2) is 5.70. The van der Waals surface area contributed by atoms with Gasteiger partial charge in [0.2, 0.25) is 5.24 Å². The number of halogens is 1. The summed E-state index contributed by atoms with van der Waals surface area (Å²) in [6, 6.07) is 1.99. The van der Waals surface area contributed by atoms with Crippen LogP contribution in [0.15, 0.2) is 10.9 Å². The van der Waals surface area contributed by atoms with Gasteiger partial charge in [-0.15, -0.1) is 0 Å². The van der Waals surface area contributed by atoms with Crippen molar-refractivity contribution in [3.63, 3.8) is 0 Å². The third kappa shape index (κ3) is 2.66. The van der Waals surface area contributed by atoms with Crippen molar-refractivity contribution in [1.29, 1.82) is 0 Å². The summed E-state index contributed by atoms with van der Waals surface area (Å²) in [6.07, 6.45) is 5.06. The Balaban J connectivity index is 2.42. The first kappa shape index (κ1) is 13.3. The molecule has 1 aliphatic carbocycles. The third-order valence-corrected chi connectivity index (χ3v) is 3.77. The number of carbonyl (C=O) groups excluding carboxylic acids is 1. The highest BCUT2D eigenvalue weighted by atomic mass is 35.5. The molecule has 98 valence electrons. The second-order valence-electron chi connectivity index (χ2n) is 4.75. The second-order valence-corrected chi connectivity index (χ2v) is 5.17. The molecule has 1 aliphatic rings. The van der Waals surface area contributed by atoms with Gasteiger partial charge in [-0.1, -0.05) is 0 Å². The standard InChI is InChI=1S/C14H18ClNO2/c1-2-16-12-6-4-3-5-10(12)9-11(14(16)18)7-8-13(15)17/h9H,2-8H2,1H3. The topological polar surface area (TPSA) is 39.1 Å². The molecule has 0 aromatic carbocycles. The van der Waals surface area contributed by atoms with Gasteiger partial charge in [-0.3, -0.25) is 9.59 Å². The zero-order valence-electron chi connectivity index (χ0n) is 10.7. The quantitative estimate of drug-likeness (QED) is 0.786. The SMILES string of the molecule is CCn1c2c(cc(CCC(=O)Cl)c1=O)CCCC2. The molecule has 0 N–H and O–H groups in total. The lowest BCUT2D eigenvalue weighted by molar-refractivity contribution is -0.111. The Morgan fingerprint density at radius 2 is 2.11 bits per heavy atom. The maximum atomic E-state index is 12.3. The van der Waals surface area contributed by atoms with Crippen molar-refractivity contribution in [2.75, 3.05) is 0 Å². The summed E-state index contributed by atoms with van der Waals surface area (Å²) in [7, 11) is 0. The summed E-state index contributed by atoms with van der Waals surface area (Å²) in [5.41, 5.74) is 3.25. The Kier molecular flexibility index (Phi) is 4.23. The number of pyridine rings is 1. The Morgan fingerprint density at radius 3 is 2.78 bits per heavy atom. The number of carbonyl (C=O) groups is 1. The van der Waals surface area contributed by atoms with Gasteiger partial charge >= 0.3 is 0 Å². The Morgan fingerprint density at radius 1 is 1.39 bits per heavy atom. The van der Waals surface area contributed by atoms with Gasteiger partial charge in [0.1, 0.15) is 0 Å². The highest BCUT2D eigenvalue weighted by molar-refractivity contribution is 6.63. The first-order chi connectivity index (χ1) is 8.63. The molecule has 0 bridgehead atoms. The van der Waals surface area contributed by atoms with E-state index in [1.807, 2.05) is 17.6 Å². The minimum atomic E-state index is -0.379. The van der Waals surface area contributed by atoms with Gasteiger partial charge in [0, 0.05) is 24.2 Å². The van der Waals surface area contributed by atoms with Gasteiger partial charge in [-0.2, -0.15) is 0 Å². The molecule has 1 aromatic heterocycles. The molecule has 0 aliphatic heterocycles. The maximum Gasteiger partial charge on any atom is 0.253 e. The Hall–Kier alpha value is -1.09. The van der Waals surface area contributed by atoms with Gasteiger partial charge in [-0.05, 0) is 62.3 Å². The van der Waals surface area contributed by atoms with Crippen molar-refractivity contribution < 1.29 is 4.79 Å². The largest absolute Gasteiger partial charge is 0.312 e. The lowest BCUT2D eigenvalue weighted by atomic mass is 9.93. The molecule has 18 heavy (non-hydrogen) atoms. The number of aryl methyl sites for hydroxylation is 2. The van der Waals surface area contributed by atoms with Crippen molar-refractivity contribution in [3.05, 3.63) is 33.2 Å². The average Bonchev–Trinajstić information content (AvgIpc) is 2.36. The number of rotatable bonds is 4. The minimum absolute atomic E-state index is 0.0519. The summed E-state index contributed by atoms with van der Waals surface area (Å²) in [4.78, 5) is 23.1. The summed E-state index contributed by atoms with van der Waals surface area (Å²) in [5, 5.41) is -0.379. The van der Waals surface area contributed by atoms with Crippen LogP contribution >= 0.6 is 11.6 Å². The summed E-state index contributed by atoms with van der Waals surface area (Å²) < 4.78 is 1.86. The van der Waals surface area contributed by atoms with E-state index in [2.05, 4.69) is 0 Å². The van der Waals surface area contributed by atoms with E-state index >= 15 is 0 Å². The van der Waals surface area contributed by atoms with E-state index in [1.54, 1.807) is 0 Å². The summed E-state index contributed by atoms with van der Waals surface area (Å²) >= 11 is 5.35. The first-order valence-electron chi connectivity index (χ1n) is 6.56. The summed E-state index contributed by atoms with van der Waals surface area (Å²) in [5.74, 6) is 0. The molecule has 0 radical (unpaired) electrons. The summed E-state index contributed by atoms with van der Waals surface area (Å²) in [6.45, 7) is 2.69. The van der Waals surface area contributed by atoms with Crippen LogP contribution in [0.4, 0.5) is 0 Å². The fourth-order valence-corrected chi connectivity index (χ4v) is 2.79. The van der Waals surface area contributed by atoms with Crippen LogP contribution in [0.1, 0.15) is 43.0 Å². The number of hydrogen-bond donors (Lipinski definition) is 0. The van der Waals surface area contributed by atoms with Crippen LogP contribution in [-0.4, -0.2) is 9.81 Å². The molecular formula is C14H18ClNO2. The van der Waals surface area contributed by atoms with Crippen LogP contribution < -0.4 is 5.56 Å². The van der Waals surface area contributed by atoms with E-state index in [1.165, 1.54) is 17.7 Å². The molecule has 0 spiro atoms. The fraction of sp³-hybridized carbons (Fsp3) is 0.571. The molecular weight excluding hydrogens is 250 g/mol. The molecule has 0 fully saturated rings. The lowest BCUT2D eigenvalue weighted by Gasteiger charge is -2.21. The minimum Gasteiger partial charge on any atom is -0.312 e. The molecule has 4 heteroatoms. The molecule has 0 unspecified atom stereocenters. The van der Waals surface area contributed by atoms with Gasteiger partial charge in [-0.25, -0.2) is 0 Å². The van der Waals surface area contributed by atoms with Crippen molar-refractivity contribution in [3.8, 4) is 0 Å². The van der Waals surface area contributed by atoms with E-state index in [0.29, 0.717) is 13.0 Å². The Labute approximate surface area is 112 Å². The zero-order chi connectivity index (χ0) is 13.1. The lowest BCUT2D eigenvalue weighted by Crippen LogP contribution is -2.29. The van der Waals surface area contributed by atoms with Gasteiger partial charge < -0.3 is 4.57 Å². The molecule has 3 nitrogen and oxygen atoms in total. The van der Waals surface area contributed by atoms with Crippen LogP contribution in [0, 0.1) is 0 Å². The number of fused-ring (bicyclic) bond motifs is 1. The number of aromatic nitrogens is 1. The number of hydrogen-bond acceptors (Lipinski definition) is 2. The average molecular weight is 268 g/mol. The van der Waals surface area contributed by atoms with Crippen molar-refractivity contribution in [1.82, 2.24) is 4.57 Å². The van der Waals surface area contributed by atoms with Crippen molar-refractivity contribution in [2.24, 2.45) is 0 Å². The van der Waals surface area contributed by atoms with Crippen LogP contribution in [0.3, 0.4) is 0 Å². The highest BCUT2D eigenvalue weighted by Crippen LogP contribution is 2.21. The molecule has 2 rings (SSSR count). The van der Waals surface area contributed by atoms with E-state index in [-0.39, 0.29) is 17.2 Å². The van der Waals surface area contributed by atoms with Crippen LogP contribution in [-0.2, 0) is 30.6 Å². The van der Waals surface area contributed by atoms with Crippen molar-refractivity contribution in [2.45, 2.75) is 52.0 Å². The molecule has 0 amide bonds. The van der Waals surface area contributed by atoms with Crippen LogP contribution in [0.5, 0.6) is 0 Å². The molecule has 1 aromatic rings. The Bertz CT molecular complexity index is 519. The molecule has 1 heterocycles. The monoisotopic (exact) mass is 267 g/mol. The van der Waals surface area contributed by atoms with Crippen LogP contribution in [0.2, 0.25) is 0 Å². The zero-order valence-corrected chi connectivity index (χ0v) is 11.4.